The van der Waals surface area contributed by atoms with Gasteiger partial charge in [0.1, 0.15) is 5.82 Å². The second-order valence-electron chi connectivity index (χ2n) is 6.07. The number of piperidine rings is 1. The molecule has 1 aliphatic heterocycles. The lowest BCUT2D eigenvalue weighted by Crippen LogP contribution is -2.50. The summed E-state index contributed by atoms with van der Waals surface area (Å²) in [5.74, 6) is 0.910. The zero-order valence-electron chi connectivity index (χ0n) is 13.1. The van der Waals surface area contributed by atoms with Gasteiger partial charge in [-0.15, -0.1) is 0 Å². The molecular formula is C15H26N4O. The summed E-state index contributed by atoms with van der Waals surface area (Å²) >= 11 is 0. The van der Waals surface area contributed by atoms with Crippen LogP contribution in [0.3, 0.4) is 0 Å². The number of likely N-dealkylation sites (tertiary alicyclic amines) is 1. The van der Waals surface area contributed by atoms with Crippen molar-refractivity contribution in [2.45, 2.75) is 46.6 Å². The molecule has 1 aromatic heterocycles. The molecule has 1 fully saturated rings. The number of aromatic nitrogens is 2. The first-order valence-electron chi connectivity index (χ1n) is 7.40. The molecule has 5 heteroatoms. The van der Waals surface area contributed by atoms with Gasteiger partial charge in [0.2, 0.25) is 5.91 Å². The van der Waals surface area contributed by atoms with E-state index in [0.717, 1.165) is 50.4 Å². The lowest BCUT2D eigenvalue weighted by Gasteiger charge is -2.40. The van der Waals surface area contributed by atoms with Crippen molar-refractivity contribution in [3.63, 3.8) is 0 Å². The van der Waals surface area contributed by atoms with Gasteiger partial charge in [0.05, 0.1) is 17.7 Å². The number of hydrogen-bond donors (Lipinski definition) is 1. The maximum absolute atomic E-state index is 11.8. The third kappa shape index (κ3) is 2.59. The molecule has 0 unspecified atom stereocenters. The molecule has 1 aliphatic rings. The summed E-state index contributed by atoms with van der Waals surface area (Å²) in [5, 5.41) is 0. The highest BCUT2D eigenvalue weighted by Crippen LogP contribution is 2.33. The van der Waals surface area contributed by atoms with Crippen molar-refractivity contribution < 1.29 is 4.79 Å². The normalized spacial score (nSPS) is 24.0. The molecule has 0 aliphatic carbocycles. The number of amides is 1. The van der Waals surface area contributed by atoms with Crippen molar-refractivity contribution in [3.05, 3.63) is 17.2 Å². The van der Waals surface area contributed by atoms with Crippen LogP contribution in [0, 0.1) is 19.3 Å². The Kier molecular flexibility index (Phi) is 4.18. The van der Waals surface area contributed by atoms with E-state index in [1.54, 1.807) is 0 Å². The fourth-order valence-corrected chi connectivity index (χ4v) is 3.15. The Hall–Kier alpha value is -1.36. The van der Waals surface area contributed by atoms with Crippen LogP contribution in [0.4, 0.5) is 0 Å². The molecule has 2 rings (SSSR count). The topological polar surface area (TPSA) is 64.2 Å². The number of aryl methyl sites for hydroxylation is 1. The monoisotopic (exact) mass is 278 g/mol. The number of carbonyl (C=O) groups excluding carboxylic acids is 1. The molecule has 2 heterocycles. The summed E-state index contributed by atoms with van der Waals surface area (Å²) in [6.45, 7) is 8.74. The maximum Gasteiger partial charge on any atom is 0.224 e. The van der Waals surface area contributed by atoms with Gasteiger partial charge in [0.25, 0.3) is 0 Å². The minimum atomic E-state index is -0.354. The molecule has 0 aromatic carbocycles. The number of hydrogen-bond acceptors (Lipinski definition) is 3. The van der Waals surface area contributed by atoms with Crippen LogP contribution in [0.15, 0.2) is 0 Å². The first kappa shape index (κ1) is 15.0. The molecule has 1 atom stereocenters. The van der Waals surface area contributed by atoms with Crippen LogP contribution in [-0.2, 0) is 18.4 Å². The molecule has 112 valence electrons. The van der Waals surface area contributed by atoms with Crippen LogP contribution in [0.2, 0.25) is 0 Å². The number of nitrogens with two attached hydrogens (primary N) is 1. The summed E-state index contributed by atoms with van der Waals surface area (Å²) in [6.07, 6.45) is 2.75. The van der Waals surface area contributed by atoms with Crippen molar-refractivity contribution in [1.82, 2.24) is 14.5 Å². The predicted octanol–water partition coefficient (Wildman–Crippen LogP) is 1.51. The maximum atomic E-state index is 11.8. The lowest BCUT2D eigenvalue weighted by molar-refractivity contribution is -0.131. The number of rotatable bonds is 4. The Balaban J connectivity index is 2.14. The summed E-state index contributed by atoms with van der Waals surface area (Å²) in [6, 6.07) is 0. The molecule has 2 N–H and O–H groups in total. The van der Waals surface area contributed by atoms with Crippen LogP contribution >= 0.6 is 0 Å². The molecule has 1 aromatic rings. The SMILES string of the molecule is CC[C@@]1(C(N)=O)CCCN(Cc2nc(C)c(C)n2C)C1. The molecule has 0 radical (unpaired) electrons. The smallest absolute Gasteiger partial charge is 0.224 e. The van der Waals surface area contributed by atoms with Gasteiger partial charge in [-0.25, -0.2) is 4.98 Å². The molecule has 5 nitrogen and oxygen atoms in total. The molecule has 0 bridgehead atoms. The predicted molar refractivity (Wildman–Crippen MR) is 79.1 cm³/mol. The largest absolute Gasteiger partial charge is 0.369 e. The Bertz CT molecular complexity index is 508. The minimum absolute atomic E-state index is 0.156. The van der Waals surface area contributed by atoms with Crippen molar-refractivity contribution in [3.8, 4) is 0 Å². The highest BCUT2D eigenvalue weighted by Gasteiger charge is 2.39. The quantitative estimate of drug-likeness (QED) is 0.908. The highest BCUT2D eigenvalue weighted by molar-refractivity contribution is 5.81. The second kappa shape index (κ2) is 5.56. The van der Waals surface area contributed by atoms with Gasteiger partial charge in [0, 0.05) is 19.3 Å². The van der Waals surface area contributed by atoms with Crippen LogP contribution in [-0.4, -0.2) is 33.4 Å². The third-order valence-corrected chi connectivity index (χ3v) is 4.93. The zero-order valence-corrected chi connectivity index (χ0v) is 13.1. The van der Waals surface area contributed by atoms with E-state index in [0.29, 0.717) is 0 Å². The Morgan fingerprint density at radius 3 is 2.65 bits per heavy atom. The van der Waals surface area contributed by atoms with Crippen LogP contribution in [0.1, 0.15) is 43.4 Å². The average molecular weight is 278 g/mol. The van der Waals surface area contributed by atoms with E-state index in [9.17, 15) is 4.79 Å². The number of primary amides is 1. The van der Waals surface area contributed by atoms with Crippen molar-refractivity contribution in [2.75, 3.05) is 13.1 Å². The zero-order chi connectivity index (χ0) is 14.9. The first-order chi connectivity index (χ1) is 9.39. The van der Waals surface area contributed by atoms with Gasteiger partial charge in [0.15, 0.2) is 0 Å². The highest BCUT2D eigenvalue weighted by atomic mass is 16.1. The van der Waals surface area contributed by atoms with Crippen LogP contribution in [0.5, 0.6) is 0 Å². The molecule has 1 amide bonds. The Labute approximate surface area is 121 Å². The van der Waals surface area contributed by atoms with Crippen molar-refractivity contribution in [1.29, 1.82) is 0 Å². The summed E-state index contributed by atoms with van der Waals surface area (Å²) in [5.41, 5.74) is 7.57. The summed E-state index contributed by atoms with van der Waals surface area (Å²) in [7, 11) is 2.05. The van der Waals surface area contributed by atoms with E-state index in [1.165, 1.54) is 5.69 Å². The van der Waals surface area contributed by atoms with Gasteiger partial charge in [-0.3, -0.25) is 9.69 Å². The fourth-order valence-electron chi connectivity index (χ4n) is 3.15. The second-order valence-corrected chi connectivity index (χ2v) is 6.07. The average Bonchev–Trinajstić information content (AvgIpc) is 2.66. The third-order valence-electron chi connectivity index (χ3n) is 4.93. The van der Waals surface area contributed by atoms with Gasteiger partial charge in [-0.05, 0) is 39.7 Å². The van der Waals surface area contributed by atoms with E-state index >= 15 is 0 Å². The van der Waals surface area contributed by atoms with E-state index in [1.807, 2.05) is 6.92 Å². The standard InChI is InChI=1S/C15H26N4O/c1-5-15(14(16)20)7-6-8-19(10-15)9-13-17-11(2)12(3)18(13)4/h5-10H2,1-4H3,(H2,16,20)/t15-/m1/s1. The van der Waals surface area contributed by atoms with Crippen LogP contribution in [0.25, 0.3) is 0 Å². The van der Waals surface area contributed by atoms with Crippen LogP contribution < -0.4 is 5.73 Å². The fraction of sp³-hybridized carbons (Fsp3) is 0.733. The minimum Gasteiger partial charge on any atom is -0.369 e. The van der Waals surface area contributed by atoms with Gasteiger partial charge in [-0.1, -0.05) is 6.92 Å². The molecule has 20 heavy (non-hydrogen) atoms. The lowest BCUT2D eigenvalue weighted by atomic mass is 9.77. The van der Waals surface area contributed by atoms with Gasteiger partial charge < -0.3 is 10.3 Å². The summed E-state index contributed by atoms with van der Waals surface area (Å²) in [4.78, 5) is 18.8. The van der Waals surface area contributed by atoms with Gasteiger partial charge >= 0.3 is 0 Å². The molecule has 1 saturated heterocycles. The van der Waals surface area contributed by atoms with Crippen molar-refractivity contribution in [2.24, 2.45) is 18.2 Å². The molecule has 0 saturated carbocycles. The first-order valence-corrected chi connectivity index (χ1v) is 7.40. The molecule has 0 spiro atoms. The van der Waals surface area contributed by atoms with E-state index in [-0.39, 0.29) is 11.3 Å². The number of nitrogens with zero attached hydrogens (tertiary/aromatic N) is 3. The Morgan fingerprint density at radius 2 is 2.15 bits per heavy atom. The van der Waals surface area contributed by atoms with Gasteiger partial charge in [-0.2, -0.15) is 0 Å². The van der Waals surface area contributed by atoms with Crippen molar-refractivity contribution >= 4 is 5.91 Å². The molecular weight excluding hydrogens is 252 g/mol. The Morgan fingerprint density at radius 1 is 1.45 bits per heavy atom. The summed E-state index contributed by atoms with van der Waals surface area (Å²) < 4.78 is 2.14. The van der Waals surface area contributed by atoms with E-state index < -0.39 is 0 Å². The number of carbonyl (C=O) groups is 1. The van der Waals surface area contributed by atoms with E-state index in [2.05, 4.69) is 35.3 Å². The van der Waals surface area contributed by atoms with E-state index in [4.69, 9.17) is 5.73 Å². The number of imidazole rings is 1.